The zero-order chi connectivity index (χ0) is 20.2. The van der Waals surface area contributed by atoms with Gasteiger partial charge in [-0.1, -0.05) is 18.2 Å². The Balaban J connectivity index is 1.40. The molecule has 29 heavy (non-hydrogen) atoms. The van der Waals surface area contributed by atoms with E-state index in [9.17, 15) is 9.59 Å². The molecule has 3 aromatic heterocycles. The minimum absolute atomic E-state index is 0.000234. The summed E-state index contributed by atoms with van der Waals surface area (Å²) in [6.07, 6.45) is 3.70. The van der Waals surface area contributed by atoms with Crippen molar-refractivity contribution in [2.24, 2.45) is 0 Å². The van der Waals surface area contributed by atoms with Crippen LogP contribution in [0.1, 0.15) is 21.8 Å². The van der Waals surface area contributed by atoms with Crippen molar-refractivity contribution in [3.05, 3.63) is 83.3 Å². The number of aryl methyl sites for hydroxylation is 1. The Morgan fingerprint density at radius 3 is 2.62 bits per heavy atom. The molecule has 7 nitrogen and oxygen atoms in total. The lowest BCUT2D eigenvalue weighted by molar-refractivity contribution is -0.121. The van der Waals surface area contributed by atoms with Gasteiger partial charge in [0.1, 0.15) is 5.76 Å². The molecular weight excluding hydrogens is 388 g/mol. The van der Waals surface area contributed by atoms with Crippen LogP contribution in [-0.2, 0) is 11.2 Å². The molecule has 4 rings (SSSR count). The number of nitrogens with one attached hydrogen (secondary N) is 2. The van der Waals surface area contributed by atoms with Crippen LogP contribution in [0.5, 0.6) is 0 Å². The van der Waals surface area contributed by atoms with Crippen LogP contribution in [0.2, 0.25) is 0 Å². The molecule has 146 valence electrons. The van der Waals surface area contributed by atoms with Crippen LogP contribution in [0.25, 0.3) is 16.5 Å². The smallest absolute Gasteiger partial charge is 0.271 e. The normalized spacial score (nSPS) is 10.7. The Labute approximate surface area is 171 Å². The van der Waals surface area contributed by atoms with E-state index in [-0.39, 0.29) is 12.3 Å². The van der Waals surface area contributed by atoms with Gasteiger partial charge < -0.3 is 8.98 Å². The summed E-state index contributed by atoms with van der Waals surface area (Å²) in [6.45, 7) is 1.76. The van der Waals surface area contributed by atoms with Crippen molar-refractivity contribution in [3.8, 4) is 16.5 Å². The van der Waals surface area contributed by atoms with Crippen molar-refractivity contribution in [2.75, 3.05) is 0 Å². The van der Waals surface area contributed by atoms with Gasteiger partial charge in [-0.2, -0.15) is 0 Å². The van der Waals surface area contributed by atoms with Crippen molar-refractivity contribution >= 4 is 23.2 Å². The predicted molar refractivity (Wildman–Crippen MR) is 110 cm³/mol. The van der Waals surface area contributed by atoms with Crippen LogP contribution in [-0.4, -0.2) is 21.4 Å². The van der Waals surface area contributed by atoms with Crippen molar-refractivity contribution in [3.63, 3.8) is 0 Å². The molecule has 1 aromatic carbocycles. The lowest BCUT2D eigenvalue weighted by atomic mass is 10.1. The number of hydrazine groups is 1. The Kier molecular flexibility index (Phi) is 5.26. The van der Waals surface area contributed by atoms with Gasteiger partial charge in [0.25, 0.3) is 5.91 Å². The fourth-order valence-corrected chi connectivity index (χ4v) is 3.52. The first-order valence-electron chi connectivity index (χ1n) is 8.93. The molecule has 2 amide bonds. The minimum atomic E-state index is -0.404. The van der Waals surface area contributed by atoms with E-state index >= 15 is 0 Å². The van der Waals surface area contributed by atoms with Gasteiger partial charge in [-0.25, -0.2) is 4.98 Å². The number of carbonyl (C=O) groups excluding carboxylic acids is 2. The van der Waals surface area contributed by atoms with Crippen molar-refractivity contribution in [1.29, 1.82) is 0 Å². The molecule has 0 unspecified atom stereocenters. The van der Waals surface area contributed by atoms with E-state index in [4.69, 9.17) is 4.42 Å². The first kappa shape index (κ1) is 18.7. The monoisotopic (exact) mass is 406 g/mol. The molecule has 3 heterocycles. The molecule has 0 saturated carbocycles. The quantitative estimate of drug-likeness (QED) is 0.497. The third kappa shape index (κ3) is 4.12. The van der Waals surface area contributed by atoms with Gasteiger partial charge in [0.05, 0.1) is 28.2 Å². The third-order valence-electron chi connectivity index (χ3n) is 4.30. The molecule has 0 radical (unpaired) electrons. The lowest BCUT2D eigenvalue weighted by Crippen LogP contribution is -2.42. The zero-order valence-corrected chi connectivity index (χ0v) is 16.4. The molecule has 0 fully saturated rings. The van der Waals surface area contributed by atoms with Gasteiger partial charge >= 0.3 is 0 Å². The highest BCUT2D eigenvalue weighted by molar-refractivity contribution is 7.13. The van der Waals surface area contributed by atoms with Crippen LogP contribution in [0.3, 0.4) is 0 Å². The van der Waals surface area contributed by atoms with Crippen molar-refractivity contribution in [2.45, 2.75) is 13.3 Å². The Morgan fingerprint density at radius 1 is 1.07 bits per heavy atom. The van der Waals surface area contributed by atoms with E-state index < -0.39 is 5.91 Å². The van der Waals surface area contributed by atoms with E-state index in [1.807, 2.05) is 58.7 Å². The highest BCUT2D eigenvalue weighted by Gasteiger charge is 2.17. The zero-order valence-electron chi connectivity index (χ0n) is 15.6. The number of rotatable bonds is 5. The number of hydrogen-bond donors (Lipinski definition) is 2. The molecule has 8 heteroatoms. The number of nitrogens with zero attached hydrogens (tertiary/aromatic N) is 2. The second-order valence-corrected chi connectivity index (χ2v) is 7.23. The van der Waals surface area contributed by atoms with Crippen molar-refractivity contribution < 1.29 is 14.0 Å². The maximum atomic E-state index is 12.6. The number of amides is 2. The molecule has 0 aliphatic heterocycles. The van der Waals surface area contributed by atoms with Gasteiger partial charge in [-0.05, 0) is 42.6 Å². The summed E-state index contributed by atoms with van der Waals surface area (Å²) in [5, 5.41) is 1.93. The van der Waals surface area contributed by atoms with Gasteiger partial charge in [0.15, 0.2) is 0 Å². The van der Waals surface area contributed by atoms with Gasteiger partial charge in [0, 0.05) is 12.4 Å². The molecule has 4 aromatic rings. The van der Waals surface area contributed by atoms with Crippen LogP contribution in [0, 0.1) is 6.92 Å². The van der Waals surface area contributed by atoms with Crippen molar-refractivity contribution in [1.82, 2.24) is 20.4 Å². The van der Waals surface area contributed by atoms with E-state index in [0.717, 1.165) is 10.6 Å². The summed E-state index contributed by atoms with van der Waals surface area (Å²) >= 11 is 1.51. The van der Waals surface area contributed by atoms with Crippen LogP contribution in [0.4, 0.5) is 0 Å². The number of hydrogen-bond acceptors (Lipinski definition) is 5. The van der Waals surface area contributed by atoms with Gasteiger partial charge in [-0.15, -0.1) is 11.3 Å². The Morgan fingerprint density at radius 2 is 1.86 bits per heavy atom. The summed E-state index contributed by atoms with van der Waals surface area (Å²) < 4.78 is 7.48. The standard InChI is InChI=1S/C21H18N4O3S/c1-14-16(22-21(28-14)18-9-6-12-29-18)13-19(26)23-24-20(27)15-7-2-3-8-17(15)25-10-4-5-11-25/h2-12H,13H2,1H3,(H,23,26)(H,24,27). The molecule has 0 aliphatic carbocycles. The SMILES string of the molecule is Cc1oc(-c2cccs2)nc1CC(=O)NNC(=O)c1ccccc1-n1cccc1. The third-order valence-corrected chi connectivity index (χ3v) is 5.16. The summed E-state index contributed by atoms with van der Waals surface area (Å²) in [5.74, 6) is 0.280. The first-order chi connectivity index (χ1) is 14.1. The summed E-state index contributed by atoms with van der Waals surface area (Å²) in [4.78, 5) is 30.2. The van der Waals surface area contributed by atoms with E-state index in [2.05, 4.69) is 15.8 Å². The van der Waals surface area contributed by atoms with Crippen LogP contribution in [0.15, 0.2) is 70.7 Å². The minimum Gasteiger partial charge on any atom is -0.440 e. The molecule has 0 saturated heterocycles. The highest BCUT2D eigenvalue weighted by Crippen LogP contribution is 2.26. The fraction of sp³-hybridized carbons (Fsp3) is 0.0952. The molecule has 2 N–H and O–H groups in total. The summed E-state index contributed by atoms with van der Waals surface area (Å²) in [6, 6.07) is 14.7. The van der Waals surface area contributed by atoms with Crippen LogP contribution < -0.4 is 10.9 Å². The van der Waals surface area contributed by atoms with Gasteiger partial charge in [0.2, 0.25) is 11.8 Å². The average Bonchev–Trinajstić information content (AvgIpc) is 3.49. The molecule has 0 bridgehead atoms. The second-order valence-electron chi connectivity index (χ2n) is 6.29. The van der Waals surface area contributed by atoms with Crippen LogP contribution >= 0.6 is 11.3 Å². The Bertz CT molecular complexity index is 1130. The lowest BCUT2D eigenvalue weighted by Gasteiger charge is -2.11. The molecule has 0 spiro atoms. The van der Waals surface area contributed by atoms with E-state index in [1.165, 1.54) is 11.3 Å². The second kappa shape index (κ2) is 8.15. The molecule has 0 atom stereocenters. The topological polar surface area (TPSA) is 89.2 Å². The van der Waals surface area contributed by atoms with E-state index in [0.29, 0.717) is 22.9 Å². The maximum Gasteiger partial charge on any atom is 0.271 e. The Hall–Kier alpha value is -3.65. The number of thiophene rings is 1. The highest BCUT2D eigenvalue weighted by atomic mass is 32.1. The summed E-state index contributed by atoms with van der Waals surface area (Å²) in [5.41, 5.74) is 6.61. The molecular formula is C21H18N4O3S. The number of benzene rings is 1. The van der Waals surface area contributed by atoms with E-state index in [1.54, 1.807) is 19.1 Å². The number of para-hydroxylation sites is 1. The largest absolute Gasteiger partial charge is 0.440 e. The fourth-order valence-electron chi connectivity index (χ4n) is 2.87. The number of carbonyl (C=O) groups is 2. The van der Waals surface area contributed by atoms with Gasteiger partial charge in [-0.3, -0.25) is 20.4 Å². The number of oxazole rings is 1. The number of aromatic nitrogens is 2. The summed E-state index contributed by atoms with van der Waals surface area (Å²) in [7, 11) is 0. The first-order valence-corrected chi connectivity index (χ1v) is 9.81. The predicted octanol–water partition coefficient (Wildman–Crippen LogP) is 3.51. The average molecular weight is 406 g/mol. The maximum absolute atomic E-state index is 12.6. The molecule has 0 aliphatic rings.